The first kappa shape index (κ1) is 13.0. The van der Waals surface area contributed by atoms with Gasteiger partial charge in [0.15, 0.2) is 5.11 Å². The quantitative estimate of drug-likeness (QED) is 0.486. The third kappa shape index (κ3) is 3.80. The van der Waals surface area contributed by atoms with Crippen molar-refractivity contribution >= 4 is 23.5 Å². The zero-order valence-electron chi connectivity index (χ0n) is 10.6. The van der Waals surface area contributed by atoms with Crippen LogP contribution >= 0.6 is 12.2 Å². The number of hydrogen-bond donors (Lipinski definition) is 2. The molecule has 1 aromatic rings. The van der Waals surface area contributed by atoms with Crippen molar-refractivity contribution in [3.05, 3.63) is 17.5 Å². The summed E-state index contributed by atoms with van der Waals surface area (Å²) in [5, 5.41) is 11.8. The van der Waals surface area contributed by atoms with Crippen molar-refractivity contribution in [1.82, 2.24) is 20.5 Å². The summed E-state index contributed by atoms with van der Waals surface area (Å²) in [4.78, 5) is 2.19. The first-order valence-electron chi connectivity index (χ1n) is 6.36. The van der Waals surface area contributed by atoms with Crippen molar-refractivity contribution in [1.29, 1.82) is 0 Å². The monoisotopic (exact) mass is 265 g/mol. The zero-order chi connectivity index (χ0) is 12.8. The van der Waals surface area contributed by atoms with E-state index in [4.69, 9.17) is 12.2 Å². The molecule has 2 heterocycles. The minimum atomic E-state index is 0.709. The molecular weight excluding hydrogens is 246 g/mol. The normalized spacial score (nSPS) is 16.8. The Morgan fingerprint density at radius 3 is 2.78 bits per heavy atom. The van der Waals surface area contributed by atoms with Gasteiger partial charge in [-0.25, -0.2) is 0 Å². The van der Waals surface area contributed by atoms with Gasteiger partial charge in [-0.1, -0.05) is 12.8 Å². The van der Waals surface area contributed by atoms with Gasteiger partial charge in [-0.15, -0.1) is 0 Å². The number of thiocarbonyl (C=S) groups is 1. The predicted molar refractivity (Wildman–Crippen MR) is 76.7 cm³/mol. The Labute approximate surface area is 113 Å². The smallest absolute Gasteiger partial charge is 0.189 e. The molecule has 0 atom stereocenters. The van der Waals surface area contributed by atoms with Crippen molar-refractivity contribution in [2.75, 3.05) is 13.1 Å². The van der Waals surface area contributed by atoms with Crippen LogP contribution < -0.4 is 5.43 Å². The highest BCUT2D eigenvalue weighted by molar-refractivity contribution is 7.80. The van der Waals surface area contributed by atoms with E-state index in [0.29, 0.717) is 5.11 Å². The fraction of sp³-hybridized carbons (Fsp3) is 0.583. The second kappa shape index (κ2) is 6.49. The van der Waals surface area contributed by atoms with Gasteiger partial charge < -0.3 is 4.90 Å². The van der Waals surface area contributed by atoms with E-state index < -0.39 is 0 Å². The average molecular weight is 265 g/mol. The highest BCUT2D eigenvalue weighted by Gasteiger charge is 2.11. The summed E-state index contributed by atoms with van der Waals surface area (Å²) < 4.78 is 0. The molecule has 0 aromatic carbocycles. The van der Waals surface area contributed by atoms with Crippen LogP contribution in [0.2, 0.25) is 0 Å². The molecule has 0 amide bonds. The summed E-state index contributed by atoms with van der Waals surface area (Å²) in [5.41, 5.74) is 4.74. The predicted octanol–water partition coefficient (Wildman–Crippen LogP) is 1.80. The molecule has 18 heavy (non-hydrogen) atoms. The zero-order valence-corrected chi connectivity index (χ0v) is 11.5. The van der Waals surface area contributed by atoms with E-state index in [2.05, 4.69) is 25.6 Å². The van der Waals surface area contributed by atoms with Crippen LogP contribution in [0.1, 0.15) is 37.1 Å². The van der Waals surface area contributed by atoms with E-state index in [-0.39, 0.29) is 0 Å². The number of nitrogens with one attached hydrogen (secondary N) is 2. The van der Waals surface area contributed by atoms with Crippen LogP contribution in [0.3, 0.4) is 0 Å². The number of aryl methyl sites for hydroxylation is 1. The molecule has 1 saturated heterocycles. The molecule has 5 nitrogen and oxygen atoms in total. The van der Waals surface area contributed by atoms with Gasteiger partial charge in [0, 0.05) is 18.8 Å². The molecule has 1 aliphatic heterocycles. The molecular formula is C12H19N5S. The largest absolute Gasteiger partial charge is 0.348 e. The fourth-order valence-electron chi connectivity index (χ4n) is 2.00. The lowest BCUT2D eigenvalue weighted by molar-refractivity contribution is 0.428. The van der Waals surface area contributed by atoms with Crippen molar-refractivity contribution in [2.45, 2.75) is 32.6 Å². The minimum Gasteiger partial charge on any atom is -0.348 e. The molecule has 2 N–H and O–H groups in total. The number of hydrazone groups is 1. The molecule has 0 saturated carbocycles. The Kier molecular flexibility index (Phi) is 4.69. The van der Waals surface area contributed by atoms with Crippen molar-refractivity contribution < 1.29 is 0 Å². The van der Waals surface area contributed by atoms with Gasteiger partial charge in [-0.05, 0) is 38.0 Å². The lowest BCUT2D eigenvalue weighted by Gasteiger charge is -2.21. The van der Waals surface area contributed by atoms with Crippen molar-refractivity contribution in [3.63, 3.8) is 0 Å². The van der Waals surface area contributed by atoms with Crippen molar-refractivity contribution in [2.24, 2.45) is 5.10 Å². The third-order valence-electron chi connectivity index (χ3n) is 2.98. The van der Waals surface area contributed by atoms with Crippen LogP contribution in [-0.4, -0.2) is 39.5 Å². The lowest BCUT2D eigenvalue weighted by atomic mass is 10.2. The molecule has 6 heteroatoms. The summed E-state index contributed by atoms with van der Waals surface area (Å²) in [7, 11) is 0. The number of likely N-dealkylation sites (tertiary alicyclic amines) is 1. The fourth-order valence-corrected chi connectivity index (χ4v) is 2.24. The molecule has 2 rings (SSSR count). The number of hydrogen-bond acceptors (Lipinski definition) is 3. The Balaban J connectivity index is 1.81. The first-order chi connectivity index (χ1) is 8.75. The topological polar surface area (TPSA) is 56.3 Å². The van der Waals surface area contributed by atoms with Gasteiger partial charge in [-0.2, -0.15) is 10.2 Å². The molecule has 1 aliphatic rings. The number of H-pyrrole nitrogens is 1. The van der Waals surface area contributed by atoms with Gasteiger partial charge in [0.1, 0.15) is 5.69 Å². The highest BCUT2D eigenvalue weighted by atomic mass is 32.1. The van der Waals surface area contributed by atoms with Crippen LogP contribution in [0, 0.1) is 6.92 Å². The molecule has 0 spiro atoms. The number of aromatic nitrogens is 2. The molecule has 1 fully saturated rings. The van der Waals surface area contributed by atoms with Gasteiger partial charge in [0.25, 0.3) is 0 Å². The SMILES string of the molecule is Cc1cc(/C=N/NC(=S)N2CCCCCC2)n[nH]1. The standard InChI is InChI=1S/C12H19N5S/c1-10-8-11(15-14-10)9-13-16-12(18)17-6-4-2-3-5-7-17/h8-9H,2-7H2,1H3,(H,14,15)(H,16,18)/b13-9+. The Bertz CT molecular complexity index is 418. The average Bonchev–Trinajstić information content (AvgIpc) is 2.63. The Morgan fingerprint density at radius 2 is 2.17 bits per heavy atom. The van der Waals surface area contributed by atoms with Crippen LogP contribution in [0.5, 0.6) is 0 Å². The summed E-state index contributed by atoms with van der Waals surface area (Å²) in [6.07, 6.45) is 6.70. The summed E-state index contributed by atoms with van der Waals surface area (Å²) >= 11 is 5.33. The molecule has 0 radical (unpaired) electrons. The van der Waals surface area contributed by atoms with Crippen molar-refractivity contribution in [3.8, 4) is 0 Å². The van der Waals surface area contributed by atoms with Gasteiger partial charge >= 0.3 is 0 Å². The number of aromatic amines is 1. The van der Waals surface area contributed by atoms with Crippen LogP contribution in [-0.2, 0) is 0 Å². The summed E-state index contributed by atoms with van der Waals surface area (Å²) in [6, 6.07) is 1.93. The Hall–Kier alpha value is -1.43. The van der Waals surface area contributed by atoms with E-state index >= 15 is 0 Å². The maximum absolute atomic E-state index is 5.33. The summed E-state index contributed by atoms with van der Waals surface area (Å²) in [5.74, 6) is 0. The molecule has 98 valence electrons. The van der Waals surface area contributed by atoms with Crippen LogP contribution in [0.4, 0.5) is 0 Å². The number of rotatable bonds is 2. The van der Waals surface area contributed by atoms with E-state index in [9.17, 15) is 0 Å². The lowest BCUT2D eigenvalue weighted by Crippen LogP contribution is -2.38. The summed E-state index contributed by atoms with van der Waals surface area (Å²) in [6.45, 7) is 4.02. The van der Waals surface area contributed by atoms with Crippen LogP contribution in [0.15, 0.2) is 11.2 Å². The van der Waals surface area contributed by atoms with E-state index in [1.54, 1.807) is 6.21 Å². The molecule has 1 aromatic heterocycles. The van der Waals surface area contributed by atoms with Gasteiger partial charge in [0.2, 0.25) is 0 Å². The molecule has 0 aliphatic carbocycles. The second-order valence-electron chi connectivity index (χ2n) is 4.55. The van der Waals surface area contributed by atoms with E-state index in [1.807, 2.05) is 13.0 Å². The highest BCUT2D eigenvalue weighted by Crippen LogP contribution is 2.09. The van der Waals surface area contributed by atoms with E-state index in [0.717, 1.165) is 24.5 Å². The second-order valence-corrected chi connectivity index (χ2v) is 4.94. The third-order valence-corrected chi connectivity index (χ3v) is 3.33. The van der Waals surface area contributed by atoms with Gasteiger partial charge in [0.05, 0.1) is 6.21 Å². The Morgan fingerprint density at radius 1 is 1.44 bits per heavy atom. The maximum Gasteiger partial charge on any atom is 0.189 e. The molecule has 0 bridgehead atoms. The molecule has 0 unspecified atom stereocenters. The minimum absolute atomic E-state index is 0.709. The number of nitrogens with zero attached hydrogens (tertiary/aromatic N) is 3. The van der Waals surface area contributed by atoms with E-state index in [1.165, 1.54) is 25.7 Å². The van der Waals surface area contributed by atoms with Gasteiger partial charge in [-0.3, -0.25) is 10.5 Å². The van der Waals surface area contributed by atoms with Crippen LogP contribution in [0.25, 0.3) is 0 Å². The maximum atomic E-state index is 5.33. The first-order valence-corrected chi connectivity index (χ1v) is 6.76.